The maximum absolute atomic E-state index is 12.3. The van der Waals surface area contributed by atoms with Gasteiger partial charge in [-0.2, -0.15) is 0 Å². The molecule has 0 atom stereocenters. The molecule has 1 aliphatic heterocycles. The van der Waals surface area contributed by atoms with Crippen LogP contribution in [-0.4, -0.2) is 52.1 Å². The van der Waals surface area contributed by atoms with Gasteiger partial charge in [0, 0.05) is 42.1 Å². The van der Waals surface area contributed by atoms with Crippen molar-refractivity contribution in [3.05, 3.63) is 39.9 Å². The van der Waals surface area contributed by atoms with Crippen LogP contribution in [0.25, 0.3) is 11.4 Å². The SMILES string of the molecule is Cc1nc(-c2ccc(NC3CCN(S(=O)(=O)C4CC4)CC3)nc2)[nH]c(=O)c1C. The molecule has 0 bridgehead atoms. The predicted octanol–water partition coefficient (Wildman–Crippen LogP) is 1.82. The Morgan fingerprint density at radius 2 is 1.86 bits per heavy atom. The van der Waals surface area contributed by atoms with Crippen LogP contribution in [0.15, 0.2) is 23.1 Å². The molecule has 0 aromatic carbocycles. The second-order valence-corrected chi connectivity index (χ2v) is 9.83. The molecule has 1 aliphatic carbocycles. The highest BCUT2D eigenvalue weighted by molar-refractivity contribution is 7.90. The lowest BCUT2D eigenvalue weighted by Crippen LogP contribution is -2.43. The molecule has 150 valence electrons. The van der Waals surface area contributed by atoms with Crippen molar-refractivity contribution in [1.29, 1.82) is 0 Å². The van der Waals surface area contributed by atoms with Gasteiger partial charge in [0.2, 0.25) is 10.0 Å². The van der Waals surface area contributed by atoms with Gasteiger partial charge in [-0.3, -0.25) is 4.79 Å². The maximum Gasteiger partial charge on any atom is 0.254 e. The molecule has 1 saturated heterocycles. The summed E-state index contributed by atoms with van der Waals surface area (Å²) in [5.41, 5.74) is 1.92. The van der Waals surface area contributed by atoms with Gasteiger partial charge < -0.3 is 10.3 Å². The standard InChI is InChI=1S/C19H25N5O3S/c1-12-13(2)21-18(23-19(12)25)14-3-6-17(20-11-14)22-15-7-9-24(10-8-15)28(26,27)16-4-5-16/h3,6,11,15-16H,4-5,7-10H2,1-2H3,(H,20,22)(H,21,23,25). The second-order valence-electron chi connectivity index (χ2n) is 7.62. The average molecular weight is 404 g/mol. The Labute approximate surface area is 164 Å². The van der Waals surface area contributed by atoms with Crippen molar-refractivity contribution in [1.82, 2.24) is 19.3 Å². The van der Waals surface area contributed by atoms with Crippen molar-refractivity contribution in [3.8, 4) is 11.4 Å². The van der Waals surface area contributed by atoms with Crippen LogP contribution in [0.4, 0.5) is 5.82 Å². The van der Waals surface area contributed by atoms with E-state index in [1.54, 1.807) is 17.4 Å². The number of aromatic amines is 1. The molecule has 2 aromatic heterocycles. The molecule has 2 N–H and O–H groups in total. The van der Waals surface area contributed by atoms with Crippen molar-refractivity contribution in [2.75, 3.05) is 18.4 Å². The number of aromatic nitrogens is 3. The Balaban J connectivity index is 1.38. The zero-order valence-corrected chi connectivity index (χ0v) is 16.9. The number of hydrogen-bond acceptors (Lipinski definition) is 6. The van der Waals surface area contributed by atoms with Gasteiger partial charge in [0.05, 0.1) is 5.25 Å². The van der Waals surface area contributed by atoms with Gasteiger partial charge in [0.15, 0.2) is 0 Å². The largest absolute Gasteiger partial charge is 0.367 e. The van der Waals surface area contributed by atoms with E-state index in [-0.39, 0.29) is 16.9 Å². The number of sulfonamides is 1. The van der Waals surface area contributed by atoms with E-state index in [1.165, 1.54) is 0 Å². The Kier molecular flexibility index (Phi) is 4.96. The Bertz CT molecular complexity index is 1020. The molecule has 1 saturated carbocycles. The fourth-order valence-electron chi connectivity index (χ4n) is 3.44. The summed E-state index contributed by atoms with van der Waals surface area (Å²) >= 11 is 0. The first-order chi connectivity index (χ1) is 13.3. The summed E-state index contributed by atoms with van der Waals surface area (Å²) in [6.45, 7) is 4.68. The number of hydrogen-bond donors (Lipinski definition) is 2. The van der Waals surface area contributed by atoms with E-state index in [9.17, 15) is 13.2 Å². The number of anilines is 1. The highest BCUT2D eigenvalue weighted by Crippen LogP contribution is 2.32. The molecule has 9 heteroatoms. The summed E-state index contributed by atoms with van der Waals surface area (Å²) in [6, 6.07) is 3.93. The van der Waals surface area contributed by atoms with Crippen molar-refractivity contribution in [3.63, 3.8) is 0 Å². The van der Waals surface area contributed by atoms with Gasteiger partial charge in [-0.25, -0.2) is 22.7 Å². The average Bonchev–Trinajstić information content (AvgIpc) is 3.53. The molecular formula is C19H25N5O3S. The number of pyridine rings is 1. The first kappa shape index (κ1) is 19.1. The van der Waals surface area contributed by atoms with Crippen LogP contribution < -0.4 is 10.9 Å². The molecule has 3 heterocycles. The van der Waals surface area contributed by atoms with Gasteiger partial charge in [0.1, 0.15) is 11.6 Å². The van der Waals surface area contributed by atoms with Gasteiger partial charge in [-0.1, -0.05) is 0 Å². The number of rotatable bonds is 5. The molecule has 4 rings (SSSR count). The first-order valence-electron chi connectivity index (χ1n) is 9.64. The topological polar surface area (TPSA) is 108 Å². The van der Waals surface area contributed by atoms with Crippen molar-refractivity contribution in [2.45, 2.75) is 50.8 Å². The lowest BCUT2D eigenvalue weighted by molar-refractivity contribution is 0.329. The fourth-order valence-corrected chi connectivity index (χ4v) is 5.31. The molecular weight excluding hydrogens is 378 g/mol. The lowest BCUT2D eigenvalue weighted by atomic mass is 10.1. The Hall–Kier alpha value is -2.26. The number of nitrogens with one attached hydrogen (secondary N) is 2. The van der Waals surface area contributed by atoms with Crippen LogP contribution in [0, 0.1) is 13.8 Å². The molecule has 2 fully saturated rings. The summed E-state index contributed by atoms with van der Waals surface area (Å²) in [6.07, 6.45) is 4.82. The Morgan fingerprint density at radius 3 is 2.43 bits per heavy atom. The Morgan fingerprint density at radius 1 is 1.14 bits per heavy atom. The van der Waals surface area contributed by atoms with Gasteiger partial charge in [-0.05, 0) is 51.7 Å². The van der Waals surface area contributed by atoms with E-state index in [0.29, 0.717) is 30.2 Å². The predicted molar refractivity (Wildman–Crippen MR) is 108 cm³/mol. The summed E-state index contributed by atoms with van der Waals surface area (Å²) in [5.74, 6) is 1.24. The van der Waals surface area contributed by atoms with E-state index >= 15 is 0 Å². The van der Waals surface area contributed by atoms with E-state index in [2.05, 4.69) is 20.3 Å². The first-order valence-corrected chi connectivity index (χ1v) is 11.1. The summed E-state index contributed by atoms with van der Waals surface area (Å²) < 4.78 is 26.3. The highest BCUT2D eigenvalue weighted by Gasteiger charge is 2.41. The maximum atomic E-state index is 12.3. The van der Waals surface area contributed by atoms with Crippen LogP contribution in [0.1, 0.15) is 36.9 Å². The van der Waals surface area contributed by atoms with Crippen LogP contribution in [0.5, 0.6) is 0 Å². The minimum absolute atomic E-state index is 0.141. The summed E-state index contributed by atoms with van der Waals surface area (Å²) in [4.78, 5) is 23.6. The lowest BCUT2D eigenvalue weighted by Gasteiger charge is -2.31. The van der Waals surface area contributed by atoms with E-state index in [0.717, 1.165) is 37.1 Å². The van der Waals surface area contributed by atoms with E-state index in [1.807, 2.05) is 19.1 Å². The molecule has 0 spiro atoms. The van der Waals surface area contributed by atoms with Crippen LogP contribution >= 0.6 is 0 Å². The third kappa shape index (κ3) is 3.81. The summed E-state index contributed by atoms with van der Waals surface area (Å²) in [5, 5.41) is 3.24. The molecule has 2 aromatic rings. The van der Waals surface area contributed by atoms with Crippen molar-refractivity contribution >= 4 is 15.8 Å². The third-order valence-corrected chi connectivity index (χ3v) is 7.94. The third-order valence-electron chi connectivity index (χ3n) is 5.54. The summed E-state index contributed by atoms with van der Waals surface area (Å²) in [7, 11) is -3.08. The van der Waals surface area contributed by atoms with Crippen LogP contribution in [0.3, 0.4) is 0 Å². The number of nitrogens with zero attached hydrogens (tertiary/aromatic N) is 3. The molecule has 0 radical (unpaired) electrons. The smallest absolute Gasteiger partial charge is 0.254 e. The van der Waals surface area contributed by atoms with Crippen LogP contribution in [-0.2, 0) is 10.0 Å². The zero-order chi connectivity index (χ0) is 19.9. The number of piperidine rings is 1. The number of H-pyrrole nitrogens is 1. The van der Waals surface area contributed by atoms with Gasteiger partial charge in [0.25, 0.3) is 5.56 Å². The molecule has 8 nitrogen and oxygen atoms in total. The second kappa shape index (κ2) is 7.29. The van der Waals surface area contributed by atoms with E-state index in [4.69, 9.17) is 0 Å². The molecule has 28 heavy (non-hydrogen) atoms. The van der Waals surface area contributed by atoms with Gasteiger partial charge in [-0.15, -0.1) is 0 Å². The molecule has 2 aliphatic rings. The van der Waals surface area contributed by atoms with Gasteiger partial charge >= 0.3 is 0 Å². The fraction of sp³-hybridized carbons (Fsp3) is 0.526. The number of aryl methyl sites for hydroxylation is 1. The molecule has 0 unspecified atom stereocenters. The minimum Gasteiger partial charge on any atom is -0.367 e. The normalized spacial score (nSPS) is 18.9. The van der Waals surface area contributed by atoms with Crippen LogP contribution in [0.2, 0.25) is 0 Å². The monoisotopic (exact) mass is 403 g/mol. The van der Waals surface area contributed by atoms with Crippen molar-refractivity contribution < 1.29 is 8.42 Å². The quantitative estimate of drug-likeness (QED) is 0.788. The van der Waals surface area contributed by atoms with Crippen molar-refractivity contribution in [2.24, 2.45) is 0 Å². The zero-order valence-electron chi connectivity index (χ0n) is 16.1. The molecule has 0 amide bonds. The van der Waals surface area contributed by atoms with E-state index < -0.39 is 10.0 Å². The highest BCUT2D eigenvalue weighted by atomic mass is 32.2. The minimum atomic E-state index is -3.08.